The molecule has 0 saturated carbocycles. The van der Waals surface area contributed by atoms with E-state index in [2.05, 4.69) is 146 Å². The van der Waals surface area contributed by atoms with Gasteiger partial charge in [0.15, 0.2) is 17.5 Å². The van der Waals surface area contributed by atoms with Crippen LogP contribution in [0.3, 0.4) is 0 Å². The number of fused-ring (bicyclic) bond motifs is 6. The number of aromatic nitrogens is 3. The van der Waals surface area contributed by atoms with Gasteiger partial charge in [-0.2, -0.15) is 0 Å². The second-order valence-electron chi connectivity index (χ2n) is 11.6. The smallest absolute Gasteiger partial charge is 0.164 e. The van der Waals surface area contributed by atoms with Crippen molar-refractivity contribution in [1.29, 1.82) is 0 Å². The molecule has 0 saturated heterocycles. The van der Waals surface area contributed by atoms with Crippen molar-refractivity contribution < 1.29 is 0 Å². The first kappa shape index (κ1) is 26.2. The summed E-state index contributed by atoms with van der Waals surface area (Å²) in [5, 5.41) is 9.60. The summed E-state index contributed by atoms with van der Waals surface area (Å²) in [4.78, 5) is 15.3. The fraction of sp³-hybridized carbons (Fsp3) is 0. The second kappa shape index (κ2) is 10.8. The average molecular weight is 586 g/mol. The lowest BCUT2D eigenvalue weighted by molar-refractivity contribution is 1.08. The van der Waals surface area contributed by atoms with Gasteiger partial charge in [-0.25, -0.2) is 15.0 Å². The molecule has 0 atom stereocenters. The predicted octanol–water partition coefficient (Wildman–Crippen LogP) is 11.2. The molecule has 0 aliphatic rings. The normalized spacial score (nSPS) is 11.5. The van der Waals surface area contributed by atoms with Crippen molar-refractivity contribution >= 4 is 43.1 Å². The maximum Gasteiger partial charge on any atom is 0.164 e. The number of hydrogen-bond acceptors (Lipinski definition) is 3. The lowest BCUT2D eigenvalue weighted by atomic mass is 9.94. The van der Waals surface area contributed by atoms with Gasteiger partial charge >= 0.3 is 0 Å². The van der Waals surface area contributed by atoms with Gasteiger partial charge < -0.3 is 0 Å². The molecule has 9 aromatic rings. The summed E-state index contributed by atoms with van der Waals surface area (Å²) in [5.41, 5.74) is 5.26. The molecule has 0 radical (unpaired) electrons. The Bertz CT molecular complexity index is 2570. The van der Waals surface area contributed by atoms with Gasteiger partial charge in [0.2, 0.25) is 0 Å². The van der Waals surface area contributed by atoms with Crippen molar-refractivity contribution in [2.75, 3.05) is 0 Å². The van der Waals surface area contributed by atoms with E-state index < -0.39 is 0 Å². The minimum absolute atomic E-state index is 0.653. The predicted molar refractivity (Wildman–Crippen MR) is 192 cm³/mol. The first-order chi connectivity index (χ1) is 22.8. The van der Waals surface area contributed by atoms with E-state index in [1.165, 1.54) is 48.8 Å². The Balaban J connectivity index is 1.27. The van der Waals surface area contributed by atoms with Crippen molar-refractivity contribution in [3.63, 3.8) is 0 Å². The largest absolute Gasteiger partial charge is 0.208 e. The Kier molecular flexibility index (Phi) is 6.14. The third-order valence-corrected chi connectivity index (χ3v) is 8.92. The third kappa shape index (κ3) is 4.41. The van der Waals surface area contributed by atoms with Crippen LogP contribution in [0.4, 0.5) is 0 Å². The highest BCUT2D eigenvalue weighted by Gasteiger charge is 2.16. The van der Waals surface area contributed by atoms with Gasteiger partial charge in [0.25, 0.3) is 0 Å². The first-order valence-corrected chi connectivity index (χ1v) is 15.5. The SMILES string of the molecule is c1ccc(-c2nc(-c3ccc4ccc5c6ccccc6ccc5c4c3)nc(-c3ccc(-c4ccccc4)c4ccccc34)n2)cc1. The minimum atomic E-state index is 0.653. The fourth-order valence-corrected chi connectivity index (χ4v) is 6.66. The minimum Gasteiger partial charge on any atom is -0.208 e. The summed E-state index contributed by atoms with van der Waals surface area (Å²) < 4.78 is 0. The van der Waals surface area contributed by atoms with Gasteiger partial charge in [-0.15, -0.1) is 0 Å². The van der Waals surface area contributed by atoms with E-state index in [9.17, 15) is 0 Å². The molecule has 3 nitrogen and oxygen atoms in total. The fourth-order valence-electron chi connectivity index (χ4n) is 6.66. The summed E-state index contributed by atoms with van der Waals surface area (Å²) in [7, 11) is 0. The van der Waals surface area contributed by atoms with E-state index in [1.807, 2.05) is 18.2 Å². The van der Waals surface area contributed by atoms with E-state index in [1.54, 1.807) is 0 Å². The second-order valence-corrected chi connectivity index (χ2v) is 11.6. The summed E-state index contributed by atoms with van der Waals surface area (Å²) >= 11 is 0. The molecule has 214 valence electrons. The Labute approximate surface area is 266 Å². The maximum absolute atomic E-state index is 5.17. The monoisotopic (exact) mass is 585 g/mol. The molecule has 0 N–H and O–H groups in total. The Morgan fingerprint density at radius 3 is 1.50 bits per heavy atom. The Morgan fingerprint density at radius 1 is 0.261 bits per heavy atom. The standard InChI is InChI=1S/C43H27N3/c1-3-11-28(12-4-1)34-25-26-39(36-18-10-9-17-35(34)36)43-45-41(31-14-5-2-6-15-31)44-42(46-43)32-20-19-30-22-23-37-33-16-8-7-13-29(33)21-24-38(37)40(30)27-32/h1-27H. The van der Waals surface area contributed by atoms with Crippen molar-refractivity contribution in [3.8, 4) is 45.3 Å². The summed E-state index contributed by atoms with van der Waals surface area (Å²) in [6.07, 6.45) is 0. The number of hydrogen-bond donors (Lipinski definition) is 0. The zero-order chi connectivity index (χ0) is 30.5. The van der Waals surface area contributed by atoms with Crippen molar-refractivity contribution in [2.45, 2.75) is 0 Å². The zero-order valence-corrected chi connectivity index (χ0v) is 24.9. The highest BCUT2D eigenvalue weighted by molar-refractivity contribution is 6.17. The molecule has 0 aliphatic carbocycles. The van der Waals surface area contributed by atoms with Crippen LogP contribution in [0.1, 0.15) is 0 Å². The molecular weight excluding hydrogens is 558 g/mol. The summed E-state index contributed by atoms with van der Waals surface area (Å²) in [6.45, 7) is 0. The van der Waals surface area contributed by atoms with Crippen LogP contribution >= 0.6 is 0 Å². The third-order valence-electron chi connectivity index (χ3n) is 8.92. The molecule has 0 bridgehead atoms. The molecule has 0 aliphatic heterocycles. The van der Waals surface area contributed by atoms with Gasteiger partial charge in [-0.05, 0) is 66.3 Å². The van der Waals surface area contributed by atoms with Gasteiger partial charge in [-0.1, -0.05) is 152 Å². The maximum atomic E-state index is 5.17. The first-order valence-electron chi connectivity index (χ1n) is 15.5. The number of benzene rings is 8. The average Bonchev–Trinajstić information content (AvgIpc) is 3.14. The molecule has 0 unspecified atom stereocenters. The Morgan fingerprint density at radius 2 is 0.761 bits per heavy atom. The number of nitrogens with zero attached hydrogens (tertiary/aromatic N) is 3. The van der Waals surface area contributed by atoms with E-state index >= 15 is 0 Å². The topological polar surface area (TPSA) is 38.7 Å². The van der Waals surface area contributed by atoms with Crippen LogP contribution in [-0.4, -0.2) is 15.0 Å². The van der Waals surface area contributed by atoms with Crippen molar-refractivity contribution in [2.24, 2.45) is 0 Å². The highest BCUT2D eigenvalue weighted by atomic mass is 15.0. The van der Waals surface area contributed by atoms with E-state index in [0.717, 1.165) is 22.1 Å². The van der Waals surface area contributed by atoms with E-state index in [-0.39, 0.29) is 0 Å². The van der Waals surface area contributed by atoms with Crippen molar-refractivity contribution in [3.05, 3.63) is 164 Å². The van der Waals surface area contributed by atoms with Crippen molar-refractivity contribution in [1.82, 2.24) is 15.0 Å². The quantitative estimate of drug-likeness (QED) is 0.193. The van der Waals surface area contributed by atoms with Crippen LogP contribution in [0.2, 0.25) is 0 Å². The molecule has 46 heavy (non-hydrogen) atoms. The van der Waals surface area contributed by atoms with Crippen LogP contribution < -0.4 is 0 Å². The van der Waals surface area contributed by atoms with Gasteiger partial charge in [-0.3, -0.25) is 0 Å². The van der Waals surface area contributed by atoms with Crippen LogP contribution in [0.5, 0.6) is 0 Å². The molecule has 0 fully saturated rings. The molecule has 1 heterocycles. The van der Waals surface area contributed by atoms with E-state index in [4.69, 9.17) is 15.0 Å². The Hall–Kier alpha value is -6.19. The van der Waals surface area contributed by atoms with E-state index in [0.29, 0.717) is 17.5 Å². The van der Waals surface area contributed by atoms with Crippen LogP contribution in [0, 0.1) is 0 Å². The number of rotatable bonds is 4. The zero-order valence-electron chi connectivity index (χ0n) is 24.9. The molecule has 0 amide bonds. The molecule has 3 heteroatoms. The lowest BCUT2D eigenvalue weighted by Gasteiger charge is -2.13. The van der Waals surface area contributed by atoms with Crippen LogP contribution in [-0.2, 0) is 0 Å². The van der Waals surface area contributed by atoms with Gasteiger partial charge in [0.05, 0.1) is 0 Å². The molecular formula is C43H27N3. The lowest BCUT2D eigenvalue weighted by Crippen LogP contribution is -2.01. The van der Waals surface area contributed by atoms with Gasteiger partial charge in [0.1, 0.15) is 0 Å². The summed E-state index contributed by atoms with van der Waals surface area (Å²) in [6, 6.07) is 57.5. The van der Waals surface area contributed by atoms with Gasteiger partial charge in [0, 0.05) is 16.7 Å². The van der Waals surface area contributed by atoms with Crippen LogP contribution in [0.15, 0.2) is 164 Å². The van der Waals surface area contributed by atoms with Crippen LogP contribution in [0.25, 0.3) is 88.4 Å². The highest BCUT2D eigenvalue weighted by Crippen LogP contribution is 2.37. The molecule has 1 aromatic heterocycles. The summed E-state index contributed by atoms with van der Waals surface area (Å²) in [5.74, 6) is 1.96. The molecule has 0 spiro atoms. The molecule has 9 rings (SSSR count). The molecule has 8 aromatic carbocycles.